The molecule has 0 spiro atoms. The molecule has 2 amide bonds. The summed E-state index contributed by atoms with van der Waals surface area (Å²) in [6.45, 7) is -0.340. The van der Waals surface area contributed by atoms with Gasteiger partial charge in [0.2, 0.25) is 11.8 Å². The normalized spacial score (nSPS) is 13.3. The topological polar surface area (TPSA) is 84.2 Å². The van der Waals surface area contributed by atoms with Crippen LogP contribution in [0.1, 0.15) is 34.5 Å². The van der Waals surface area contributed by atoms with Gasteiger partial charge in [-0.25, -0.2) is 4.98 Å². The Morgan fingerprint density at radius 1 is 0.892 bits per heavy atom. The van der Waals surface area contributed by atoms with Crippen molar-refractivity contribution in [3.8, 4) is 22.8 Å². The third-order valence-corrected chi connectivity index (χ3v) is 5.99. The van der Waals surface area contributed by atoms with Crippen molar-refractivity contribution in [1.29, 1.82) is 0 Å². The molecular weight excluding hydrogens is 483 g/mol. The molecule has 0 radical (unpaired) electrons. The number of rotatable bonds is 7. The molecule has 9 heteroatoms. The molecule has 6 nitrogen and oxygen atoms in total. The lowest BCUT2D eigenvalue weighted by Crippen LogP contribution is -2.25. The largest absolute Gasteiger partial charge is 0.435 e. The maximum absolute atomic E-state index is 13.4. The molecule has 1 aliphatic rings. The number of alkyl halides is 3. The molecule has 0 aliphatic heterocycles. The van der Waals surface area contributed by atoms with Crippen LogP contribution in [0.4, 0.5) is 18.9 Å². The number of carbonyl (C=O) groups is 2. The number of amides is 2. The third kappa shape index (κ3) is 5.55. The van der Waals surface area contributed by atoms with Crippen molar-refractivity contribution in [2.45, 2.75) is 25.6 Å². The van der Waals surface area contributed by atoms with Crippen LogP contribution >= 0.6 is 0 Å². The molecule has 0 bridgehead atoms. The standard InChI is InChI=1S/C28H22F3N3O3/c29-28(30,31)22-9-5-4-8-20(22)16-32-26(36)23-24(37-27(34-23)19-6-2-1-3-7-19)17-12-14-21(15-13-17)33-25(35)18-10-11-18/h1-9,12-15,18H,10-11,16H2,(H,32,36)(H,33,35). The van der Waals surface area contributed by atoms with E-state index in [-0.39, 0.29) is 41.3 Å². The van der Waals surface area contributed by atoms with E-state index in [0.29, 0.717) is 16.8 Å². The number of benzene rings is 3. The minimum atomic E-state index is -4.54. The summed E-state index contributed by atoms with van der Waals surface area (Å²) >= 11 is 0. The molecule has 1 fully saturated rings. The van der Waals surface area contributed by atoms with E-state index < -0.39 is 17.6 Å². The van der Waals surface area contributed by atoms with Crippen LogP contribution in [-0.2, 0) is 17.5 Å². The highest BCUT2D eigenvalue weighted by Crippen LogP contribution is 2.34. The summed E-state index contributed by atoms with van der Waals surface area (Å²) in [6, 6.07) is 20.8. The number of anilines is 1. The maximum atomic E-state index is 13.4. The smallest absolute Gasteiger partial charge is 0.416 e. The van der Waals surface area contributed by atoms with Crippen LogP contribution < -0.4 is 10.6 Å². The molecule has 3 aromatic carbocycles. The molecule has 0 unspecified atom stereocenters. The van der Waals surface area contributed by atoms with Gasteiger partial charge in [-0.2, -0.15) is 13.2 Å². The molecule has 1 saturated carbocycles. The average molecular weight is 505 g/mol. The summed E-state index contributed by atoms with van der Waals surface area (Å²) in [6.07, 6.45) is -2.77. The number of nitrogens with one attached hydrogen (secondary N) is 2. The van der Waals surface area contributed by atoms with E-state index in [1.54, 1.807) is 48.5 Å². The zero-order valence-electron chi connectivity index (χ0n) is 19.5. The molecule has 1 aliphatic carbocycles. The summed E-state index contributed by atoms with van der Waals surface area (Å²) in [7, 11) is 0. The predicted octanol–water partition coefficient (Wildman–Crippen LogP) is 6.31. The molecule has 37 heavy (non-hydrogen) atoms. The van der Waals surface area contributed by atoms with E-state index in [1.807, 2.05) is 6.07 Å². The summed E-state index contributed by atoms with van der Waals surface area (Å²) in [5.41, 5.74) is 0.840. The highest BCUT2D eigenvalue weighted by molar-refractivity contribution is 5.98. The summed E-state index contributed by atoms with van der Waals surface area (Å²) in [4.78, 5) is 29.6. The SMILES string of the molecule is O=C(NCc1ccccc1C(F)(F)F)c1nc(-c2ccccc2)oc1-c1ccc(NC(=O)C2CC2)cc1. The monoisotopic (exact) mass is 505 g/mol. The number of halogens is 3. The zero-order valence-corrected chi connectivity index (χ0v) is 19.5. The summed E-state index contributed by atoms with van der Waals surface area (Å²) in [5, 5.41) is 5.39. The van der Waals surface area contributed by atoms with Crippen molar-refractivity contribution in [1.82, 2.24) is 10.3 Å². The zero-order chi connectivity index (χ0) is 26.0. The number of oxazole rings is 1. The van der Waals surface area contributed by atoms with Crippen molar-refractivity contribution in [3.63, 3.8) is 0 Å². The molecule has 4 aromatic rings. The molecule has 0 saturated heterocycles. The van der Waals surface area contributed by atoms with Gasteiger partial charge in [0.15, 0.2) is 11.5 Å². The van der Waals surface area contributed by atoms with E-state index in [4.69, 9.17) is 4.42 Å². The second-order valence-electron chi connectivity index (χ2n) is 8.74. The Kier molecular flexibility index (Phi) is 6.52. The molecule has 0 atom stereocenters. The van der Waals surface area contributed by atoms with Gasteiger partial charge in [-0.3, -0.25) is 9.59 Å². The lowest BCUT2D eigenvalue weighted by atomic mass is 10.1. The Labute approximate surface area is 210 Å². The van der Waals surface area contributed by atoms with Gasteiger partial charge in [-0.15, -0.1) is 0 Å². The molecule has 1 heterocycles. The number of aromatic nitrogens is 1. The van der Waals surface area contributed by atoms with Gasteiger partial charge >= 0.3 is 6.18 Å². The molecule has 188 valence electrons. The lowest BCUT2D eigenvalue weighted by Gasteiger charge is -2.13. The quantitative estimate of drug-likeness (QED) is 0.309. The first-order chi connectivity index (χ1) is 17.8. The van der Waals surface area contributed by atoms with E-state index in [0.717, 1.165) is 18.9 Å². The van der Waals surface area contributed by atoms with E-state index in [9.17, 15) is 22.8 Å². The van der Waals surface area contributed by atoms with Crippen molar-refractivity contribution >= 4 is 17.5 Å². The average Bonchev–Trinajstić information content (AvgIpc) is 3.66. The predicted molar refractivity (Wildman–Crippen MR) is 131 cm³/mol. The minimum Gasteiger partial charge on any atom is -0.435 e. The van der Waals surface area contributed by atoms with E-state index in [1.165, 1.54) is 18.2 Å². The second-order valence-corrected chi connectivity index (χ2v) is 8.74. The van der Waals surface area contributed by atoms with E-state index in [2.05, 4.69) is 15.6 Å². The van der Waals surface area contributed by atoms with Crippen molar-refractivity contribution in [2.24, 2.45) is 5.92 Å². The van der Waals surface area contributed by atoms with Gasteiger partial charge in [0.25, 0.3) is 5.91 Å². The Morgan fingerprint density at radius 2 is 1.57 bits per heavy atom. The van der Waals surface area contributed by atoms with Crippen LogP contribution in [0.2, 0.25) is 0 Å². The van der Waals surface area contributed by atoms with Crippen LogP contribution in [0.3, 0.4) is 0 Å². The first-order valence-corrected chi connectivity index (χ1v) is 11.7. The third-order valence-electron chi connectivity index (χ3n) is 5.99. The number of carbonyl (C=O) groups excluding carboxylic acids is 2. The van der Waals surface area contributed by atoms with Crippen LogP contribution in [-0.4, -0.2) is 16.8 Å². The number of hydrogen-bond donors (Lipinski definition) is 2. The molecule has 5 rings (SSSR count). The highest BCUT2D eigenvalue weighted by Gasteiger charge is 2.33. The first kappa shape index (κ1) is 24.3. The van der Waals surface area contributed by atoms with Gasteiger partial charge in [0.05, 0.1) is 5.56 Å². The summed E-state index contributed by atoms with van der Waals surface area (Å²) in [5.74, 6) is -0.287. The Balaban J connectivity index is 1.43. The van der Waals surface area contributed by atoms with Gasteiger partial charge in [-0.1, -0.05) is 36.4 Å². The van der Waals surface area contributed by atoms with Gasteiger partial charge in [0.1, 0.15) is 0 Å². The van der Waals surface area contributed by atoms with Gasteiger partial charge < -0.3 is 15.1 Å². The number of nitrogens with zero attached hydrogens (tertiary/aromatic N) is 1. The second kappa shape index (κ2) is 9.93. The maximum Gasteiger partial charge on any atom is 0.416 e. The fourth-order valence-corrected chi connectivity index (χ4v) is 3.88. The minimum absolute atomic E-state index is 0.0296. The lowest BCUT2D eigenvalue weighted by molar-refractivity contribution is -0.138. The van der Waals surface area contributed by atoms with E-state index >= 15 is 0 Å². The molecular formula is C28H22F3N3O3. The van der Waals surface area contributed by atoms with Crippen molar-refractivity contribution in [3.05, 3.63) is 95.7 Å². The molecule has 1 aromatic heterocycles. The van der Waals surface area contributed by atoms with Crippen LogP contribution in [0.15, 0.2) is 83.3 Å². The van der Waals surface area contributed by atoms with Crippen LogP contribution in [0.5, 0.6) is 0 Å². The van der Waals surface area contributed by atoms with Crippen LogP contribution in [0, 0.1) is 5.92 Å². The Morgan fingerprint density at radius 3 is 2.24 bits per heavy atom. The Hall–Kier alpha value is -4.40. The van der Waals surface area contributed by atoms with Gasteiger partial charge in [0, 0.05) is 29.3 Å². The number of hydrogen-bond acceptors (Lipinski definition) is 4. The highest BCUT2D eigenvalue weighted by atomic mass is 19.4. The van der Waals surface area contributed by atoms with Gasteiger partial charge in [-0.05, 0) is 60.9 Å². The fourth-order valence-electron chi connectivity index (χ4n) is 3.88. The van der Waals surface area contributed by atoms with Crippen molar-refractivity contribution in [2.75, 3.05) is 5.32 Å². The fraction of sp³-hybridized carbons (Fsp3) is 0.179. The summed E-state index contributed by atoms with van der Waals surface area (Å²) < 4.78 is 46.1. The first-order valence-electron chi connectivity index (χ1n) is 11.7. The van der Waals surface area contributed by atoms with Crippen LogP contribution in [0.25, 0.3) is 22.8 Å². The van der Waals surface area contributed by atoms with Crippen molar-refractivity contribution < 1.29 is 27.2 Å². The molecule has 2 N–H and O–H groups in total. The Bertz CT molecular complexity index is 1430.